The zero-order valence-corrected chi connectivity index (χ0v) is 20.1. The molecule has 0 spiro atoms. The second-order valence-corrected chi connectivity index (χ2v) is 8.17. The molecule has 0 heterocycles. The van der Waals surface area contributed by atoms with Crippen LogP contribution in [-0.2, 0) is 14.4 Å². The van der Waals surface area contributed by atoms with Crippen molar-refractivity contribution in [3.05, 3.63) is 88.5 Å². The van der Waals surface area contributed by atoms with Gasteiger partial charge in [-0.3, -0.25) is 14.4 Å². The summed E-state index contributed by atoms with van der Waals surface area (Å²) in [4.78, 5) is 36.7. The molecule has 0 aromatic heterocycles. The molecule has 3 N–H and O–H groups in total. The molecule has 0 saturated heterocycles. The summed E-state index contributed by atoms with van der Waals surface area (Å²) in [5, 5.41) is 9.27. The van der Waals surface area contributed by atoms with Gasteiger partial charge in [0.15, 0.2) is 6.61 Å². The third-order valence-corrected chi connectivity index (χ3v) is 5.08. The van der Waals surface area contributed by atoms with Gasteiger partial charge in [0.05, 0.1) is 6.21 Å². The highest BCUT2D eigenvalue weighted by Crippen LogP contribution is 2.19. The second-order valence-electron chi connectivity index (χ2n) is 8.17. The maximum atomic E-state index is 12.3. The summed E-state index contributed by atoms with van der Waals surface area (Å²) in [5.41, 5.74) is 7.83. The van der Waals surface area contributed by atoms with Crippen molar-refractivity contribution in [3.8, 4) is 5.75 Å². The highest BCUT2D eigenvalue weighted by atomic mass is 16.5. The van der Waals surface area contributed by atoms with E-state index in [4.69, 9.17) is 4.74 Å². The zero-order chi connectivity index (χ0) is 25.4. The predicted octanol–water partition coefficient (Wildman–Crippen LogP) is 4.03. The van der Waals surface area contributed by atoms with E-state index >= 15 is 0 Å². The van der Waals surface area contributed by atoms with Crippen molar-refractivity contribution >= 4 is 35.3 Å². The van der Waals surface area contributed by atoms with E-state index in [1.807, 2.05) is 64.1 Å². The fraction of sp³-hybridized carbons (Fsp3) is 0.185. The van der Waals surface area contributed by atoms with Gasteiger partial charge in [0.2, 0.25) is 0 Å². The third-order valence-electron chi connectivity index (χ3n) is 5.08. The number of hydrogen-bond donors (Lipinski definition) is 3. The van der Waals surface area contributed by atoms with Crippen LogP contribution in [0.4, 0.5) is 11.4 Å². The number of carbonyl (C=O) groups excluding carboxylic acids is 3. The Morgan fingerprint density at radius 2 is 1.49 bits per heavy atom. The van der Waals surface area contributed by atoms with E-state index in [9.17, 15) is 14.4 Å². The highest BCUT2D eigenvalue weighted by Gasteiger charge is 2.15. The molecular formula is C27H28N4O4. The number of hydrazone groups is 1. The Morgan fingerprint density at radius 1 is 0.829 bits per heavy atom. The Balaban J connectivity index is 1.56. The first kappa shape index (κ1) is 25.2. The van der Waals surface area contributed by atoms with Crippen LogP contribution in [0.15, 0.2) is 65.8 Å². The number of rotatable bonds is 7. The van der Waals surface area contributed by atoms with Crippen LogP contribution in [-0.4, -0.2) is 30.5 Å². The molecule has 0 aliphatic carbocycles. The number of carbonyl (C=O) groups is 3. The van der Waals surface area contributed by atoms with Crippen molar-refractivity contribution in [2.24, 2.45) is 5.10 Å². The summed E-state index contributed by atoms with van der Waals surface area (Å²) in [5.74, 6) is -1.64. The van der Waals surface area contributed by atoms with Crippen LogP contribution in [0.3, 0.4) is 0 Å². The maximum Gasteiger partial charge on any atom is 0.329 e. The number of anilines is 2. The molecule has 8 heteroatoms. The number of nitrogens with one attached hydrogen (secondary N) is 3. The molecular weight excluding hydrogens is 444 g/mol. The smallest absolute Gasteiger partial charge is 0.329 e. The molecule has 0 fully saturated rings. The summed E-state index contributed by atoms with van der Waals surface area (Å²) in [6.07, 6.45) is 1.35. The van der Waals surface area contributed by atoms with E-state index in [-0.39, 0.29) is 12.5 Å². The first-order valence-corrected chi connectivity index (χ1v) is 11.0. The monoisotopic (exact) mass is 472 g/mol. The lowest BCUT2D eigenvalue weighted by molar-refractivity contribution is -0.136. The first-order valence-electron chi connectivity index (χ1n) is 11.0. The largest absolute Gasteiger partial charge is 0.483 e. The molecule has 180 valence electrons. The second kappa shape index (κ2) is 11.6. The minimum atomic E-state index is -0.907. The Hall–Kier alpha value is -4.46. The fourth-order valence-electron chi connectivity index (χ4n) is 3.50. The lowest BCUT2D eigenvalue weighted by Gasteiger charge is -2.11. The normalized spacial score (nSPS) is 10.6. The molecule has 3 rings (SSSR count). The quantitative estimate of drug-likeness (QED) is 0.274. The number of para-hydroxylation sites is 2. The standard InChI is InChI=1S/C27H28N4O4/c1-17-12-18(2)14-22(13-17)29-24(32)16-35-23-11-6-5-10-21(23)15-28-31-27(34)26(33)30-25-19(3)8-7-9-20(25)4/h5-15H,16H2,1-4H3,(H,29,32)(H,30,33)(H,31,34)/b28-15-. The molecule has 0 atom stereocenters. The molecule has 35 heavy (non-hydrogen) atoms. The molecule has 3 amide bonds. The van der Waals surface area contributed by atoms with Crippen molar-refractivity contribution in [1.82, 2.24) is 5.43 Å². The lowest BCUT2D eigenvalue weighted by atomic mass is 10.1. The molecule has 0 radical (unpaired) electrons. The van der Waals surface area contributed by atoms with Gasteiger partial charge in [-0.25, -0.2) is 5.43 Å². The molecule has 8 nitrogen and oxygen atoms in total. The van der Waals surface area contributed by atoms with Gasteiger partial charge in [0.25, 0.3) is 5.91 Å². The SMILES string of the molecule is Cc1cc(C)cc(NC(=O)COc2ccccc2/C=N\NC(=O)C(=O)Nc2c(C)cccc2C)c1. The Bertz CT molecular complexity index is 1240. The summed E-state index contributed by atoms with van der Waals surface area (Å²) in [6, 6.07) is 18.3. The molecule has 3 aromatic carbocycles. The van der Waals surface area contributed by atoms with Gasteiger partial charge in [-0.15, -0.1) is 0 Å². The van der Waals surface area contributed by atoms with Crippen molar-refractivity contribution in [1.29, 1.82) is 0 Å². The van der Waals surface area contributed by atoms with Crippen molar-refractivity contribution in [3.63, 3.8) is 0 Å². The van der Waals surface area contributed by atoms with Crippen molar-refractivity contribution in [2.75, 3.05) is 17.2 Å². The van der Waals surface area contributed by atoms with Gasteiger partial charge >= 0.3 is 11.8 Å². The molecule has 0 saturated carbocycles. The van der Waals surface area contributed by atoms with Crippen LogP contribution in [0, 0.1) is 27.7 Å². The Kier molecular flexibility index (Phi) is 8.34. The Morgan fingerprint density at radius 3 is 2.17 bits per heavy atom. The minimum Gasteiger partial charge on any atom is -0.483 e. The van der Waals surface area contributed by atoms with Crippen LogP contribution in [0.25, 0.3) is 0 Å². The maximum absolute atomic E-state index is 12.3. The number of amides is 3. The topological polar surface area (TPSA) is 109 Å². The molecule has 0 unspecified atom stereocenters. The minimum absolute atomic E-state index is 0.206. The summed E-state index contributed by atoms with van der Waals surface area (Å²) in [7, 11) is 0. The zero-order valence-electron chi connectivity index (χ0n) is 20.1. The summed E-state index contributed by atoms with van der Waals surface area (Å²) < 4.78 is 5.65. The van der Waals surface area contributed by atoms with Gasteiger partial charge in [-0.1, -0.05) is 36.4 Å². The molecule has 0 bridgehead atoms. The van der Waals surface area contributed by atoms with E-state index in [1.165, 1.54) is 6.21 Å². The number of ether oxygens (including phenoxy) is 1. The van der Waals surface area contributed by atoms with Gasteiger partial charge in [-0.05, 0) is 74.2 Å². The van der Waals surface area contributed by atoms with Crippen molar-refractivity contribution < 1.29 is 19.1 Å². The number of nitrogens with zero attached hydrogens (tertiary/aromatic N) is 1. The predicted molar refractivity (Wildman–Crippen MR) is 137 cm³/mol. The average Bonchev–Trinajstić information content (AvgIpc) is 2.80. The number of hydrogen-bond acceptors (Lipinski definition) is 5. The van der Waals surface area contributed by atoms with Gasteiger partial charge < -0.3 is 15.4 Å². The van der Waals surface area contributed by atoms with Crippen LogP contribution in [0.5, 0.6) is 5.75 Å². The van der Waals surface area contributed by atoms with E-state index in [1.54, 1.807) is 24.3 Å². The van der Waals surface area contributed by atoms with Crippen LogP contribution < -0.4 is 20.8 Å². The molecule has 3 aromatic rings. The fourth-order valence-corrected chi connectivity index (χ4v) is 3.50. The van der Waals surface area contributed by atoms with E-state index in [2.05, 4.69) is 21.2 Å². The molecule has 0 aliphatic heterocycles. The summed E-state index contributed by atoms with van der Waals surface area (Å²) in [6.45, 7) is 7.40. The van der Waals surface area contributed by atoms with Crippen LogP contribution in [0.1, 0.15) is 27.8 Å². The van der Waals surface area contributed by atoms with Crippen LogP contribution in [0.2, 0.25) is 0 Å². The summed E-state index contributed by atoms with van der Waals surface area (Å²) >= 11 is 0. The van der Waals surface area contributed by atoms with Crippen LogP contribution >= 0.6 is 0 Å². The van der Waals surface area contributed by atoms with Gasteiger partial charge in [0, 0.05) is 16.9 Å². The van der Waals surface area contributed by atoms with Crippen molar-refractivity contribution in [2.45, 2.75) is 27.7 Å². The van der Waals surface area contributed by atoms with E-state index < -0.39 is 11.8 Å². The van der Waals surface area contributed by atoms with Gasteiger partial charge in [-0.2, -0.15) is 5.10 Å². The highest BCUT2D eigenvalue weighted by molar-refractivity contribution is 6.39. The number of benzene rings is 3. The third kappa shape index (κ3) is 7.26. The average molecular weight is 473 g/mol. The molecule has 0 aliphatic rings. The van der Waals surface area contributed by atoms with Gasteiger partial charge in [0.1, 0.15) is 5.75 Å². The van der Waals surface area contributed by atoms with E-state index in [0.717, 1.165) is 22.3 Å². The first-order chi connectivity index (χ1) is 16.7. The lowest BCUT2D eigenvalue weighted by Crippen LogP contribution is -2.32. The van der Waals surface area contributed by atoms with E-state index in [0.29, 0.717) is 22.7 Å². The Labute approximate surface area is 204 Å². The number of aryl methyl sites for hydroxylation is 4.